The van der Waals surface area contributed by atoms with Gasteiger partial charge in [0.2, 0.25) is 0 Å². The summed E-state index contributed by atoms with van der Waals surface area (Å²) >= 11 is 0. The molecule has 0 radical (unpaired) electrons. The number of hydrogen-bond donors (Lipinski definition) is 0. The van der Waals surface area contributed by atoms with Gasteiger partial charge in [0.25, 0.3) is 5.82 Å². The average molecular weight is 446 g/mol. The Balaban J connectivity index is 1.61. The van der Waals surface area contributed by atoms with E-state index in [0.717, 1.165) is 19.4 Å². The van der Waals surface area contributed by atoms with Gasteiger partial charge in [-0.3, -0.25) is 0 Å². The van der Waals surface area contributed by atoms with Gasteiger partial charge in [-0.25, -0.2) is 9.13 Å². The molecule has 1 unspecified atom stereocenters. The Morgan fingerprint density at radius 3 is 1.97 bits per heavy atom. The zero-order valence-corrected chi connectivity index (χ0v) is 21.3. The molecule has 3 rings (SSSR count). The minimum Gasteiger partial charge on any atom is -0.234 e. The van der Waals surface area contributed by atoms with E-state index in [0.29, 0.717) is 5.92 Å². The lowest BCUT2D eigenvalue weighted by molar-refractivity contribution is -0.704. The number of rotatable bonds is 15. The van der Waals surface area contributed by atoms with Gasteiger partial charge >= 0.3 is 0 Å². The number of benzene rings is 2. The third-order valence-corrected chi connectivity index (χ3v) is 7.05. The largest absolute Gasteiger partial charge is 0.260 e. The summed E-state index contributed by atoms with van der Waals surface area (Å²) in [6.45, 7) is 5.77. The second-order valence-corrected chi connectivity index (χ2v) is 9.80. The molecule has 2 aromatic carbocycles. The second-order valence-electron chi connectivity index (χ2n) is 9.80. The Bertz CT molecular complexity index is 911. The lowest BCUT2D eigenvalue weighted by Crippen LogP contribution is -2.37. The van der Waals surface area contributed by atoms with Crippen LogP contribution in [-0.2, 0) is 26.4 Å². The third kappa shape index (κ3) is 8.18. The van der Waals surface area contributed by atoms with Crippen molar-refractivity contribution in [3.05, 3.63) is 89.5 Å². The summed E-state index contributed by atoms with van der Waals surface area (Å²) in [5.41, 5.74) is 4.25. The van der Waals surface area contributed by atoms with Crippen molar-refractivity contribution in [2.45, 2.75) is 96.9 Å². The van der Waals surface area contributed by atoms with E-state index in [1.54, 1.807) is 0 Å². The fraction of sp³-hybridized carbons (Fsp3) is 0.516. The number of aromatic nitrogens is 2. The molecule has 0 fully saturated rings. The van der Waals surface area contributed by atoms with Crippen LogP contribution in [0.25, 0.3) is 0 Å². The third-order valence-electron chi connectivity index (χ3n) is 7.05. The van der Waals surface area contributed by atoms with E-state index in [1.807, 2.05) is 0 Å². The topological polar surface area (TPSA) is 8.81 Å². The van der Waals surface area contributed by atoms with Gasteiger partial charge in [-0.1, -0.05) is 119 Å². The minimum absolute atomic E-state index is 0.519. The quantitative estimate of drug-likeness (QED) is 0.167. The molecule has 0 aliphatic carbocycles. The fourth-order valence-corrected chi connectivity index (χ4v) is 4.89. The van der Waals surface area contributed by atoms with Crippen LogP contribution in [-0.4, -0.2) is 4.57 Å². The molecule has 1 aromatic heterocycles. The Morgan fingerprint density at radius 1 is 0.758 bits per heavy atom. The van der Waals surface area contributed by atoms with Crippen molar-refractivity contribution >= 4 is 0 Å². The van der Waals surface area contributed by atoms with Crippen LogP contribution in [0.4, 0.5) is 0 Å². The van der Waals surface area contributed by atoms with E-state index in [4.69, 9.17) is 0 Å². The maximum Gasteiger partial charge on any atom is 0.260 e. The van der Waals surface area contributed by atoms with Crippen LogP contribution in [0, 0.1) is 0 Å². The summed E-state index contributed by atoms with van der Waals surface area (Å²) in [6, 6.07) is 21.9. The lowest BCUT2D eigenvalue weighted by Gasteiger charge is -2.10. The van der Waals surface area contributed by atoms with Gasteiger partial charge in [0.1, 0.15) is 11.9 Å². The molecular formula is C31H45N2+. The van der Waals surface area contributed by atoms with Gasteiger partial charge in [0.15, 0.2) is 0 Å². The molecule has 0 saturated carbocycles. The highest BCUT2D eigenvalue weighted by Crippen LogP contribution is 2.21. The molecule has 0 N–H and O–H groups in total. The highest BCUT2D eigenvalue weighted by molar-refractivity contribution is 5.22. The van der Waals surface area contributed by atoms with Crippen molar-refractivity contribution in [3.8, 4) is 0 Å². The van der Waals surface area contributed by atoms with E-state index >= 15 is 0 Å². The lowest BCUT2D eigenvalue weighted by atomic mass is 9.96. The molecule has 0 aliphatic heterocycles. The Morgan fingerprint density at radius 2 is 1.33 bits per heavy atom. The molecular weight excluding hydrogens is 400 g/mol. The Kier molecular flexibility index (Phi) is 10.7. The summed E-state index contributed by atoms with van der Waals surface area (Å²) < 4.78 is 5.00. The van der Waals surface area contributed by atoms with Crippen molar-refractivity contribution in [1.29, 1.82) is 0 Å². The van der Waals surface area contributed by atoms with Crippen LogP contribution in [0.15, 0.2) is 66.9 Å². The molecule has 3 aromatic rings. The first-order chi connectivity index (χ1) is 16.2. The standard InChI is InChI=1S/C31H45N2/c1-4-5-6-7-8-9-10-11-18-23-33-26-30(24-27(2)29-21-16-13-17-22-29)32(3)31(33)25-28-19-14-12-15-20-28/h12-17,19-22,26-27H,4-11,18,23-25H2,1-3H3/q+1. The Labute approximate surface area is 202 Å². The Hall–Kier alpha value is -2.35. The highest BCUT2D eigenvalue weighted by Gasteiger charge is 2.22. The number of aryl methyl sites for hydroxylation is 1. The van der Waals surface area contributed by atoms with E-state index in [1.165, 1.54) is 80.4 Å². The number of imidazole rings is 1. The predicted octanol–water partition coefficient (Wildman–Crippen LogP) is 7.78. The molecule has 0 amide bonds. The zero-order valence-electron chi connectivity index (χ0n) is 21.3. The maximum atomic E-state index is 2.54. The van der Waals surface area contributed by atoms with Crippen LogP contribution in [0.5, 0.6) is 0 Å². The van der Waals surface area contributed by atoms with Crippen molar-refractivity contribution in [2.75, 3.05) is 0 Å². The number of nitrogens with zero attached hydrogens (tertiary/aromatic N) is 2. The summed E-state index contributed by atoms with van der Waals surface area (Å²) in [5, 5.41) is 0. The summed E-state index contributed by atoms with van der Waals surface area (Å²) in [4.78, 5) is 0. The molecule has 2 nitrogen and oxygen atoms in total. The molecule has 1 atom stereocenters. The molecule has 0 saturated heterocycles. The highest BCUT2D eigenvalue weighted by atomic mass is 15.1. The maximum absolute atomic E-state index is 2.54. The smallest absolute Gasteiger partial charge is 0.234 e. The van der Waals surface area contributed by atoms with Crippen molar-refractivity contribution in [1.82, 2.24) is 4.57 Å². The van der Waals surface area contributed by atoms with Crippen LogP contribution in [0.1, 0.15) is 100 Å². The van der Waals surface area contributed by atoms with Crippen LogP contribution >= 0.6 is 0 Å². The molecule has 0 spiro atoms. The van der Waals surface area contributed by atoms with Crippen molar-refractivity contribution in [3.63, 3.8) is 0 Å². The molecule has 33 heavy (non-hydrogen) atoms. The minimum atomic E-state index is 0.519. The SMILES string of the molecule is CCCCCCCCCCC[n+]1cc(CC(C)c2ccccc2)n(C)c1Cc1ccccc1. The first-order valence-electron chi connectivity index (χ1n) is 13.3. The van der Waals surface area contributed by atoms with Crippen molar-refractivity contribution in [2.24, 2.45) is 7.05 Å². The van der Waals surface area contributed by atoms with Gasteiger partial charge in [-0.15, -0.1) is 0 Å². The molecule has 0 bridgehead atoms. The molecule has 0 aliphatic rings. The van der Waals surface area contributed by atoms with Gasteiger partial charge < -0.3 is 0 Å². The molecule has 2 heteroatoms. The van der Waals surface area contributed by atoms with Crippen molar-refractivity contribution < 1.29 is 4.57 Å². The first kappa shape index (κ1) is 25.3. The molecule has 178 valence electrons. The van der Waals surface area contributed by atoms with Gasteiger partial charge in [-0.2, -0.15) is 0 Å². The second kappa shape index (κ2) is 14.0. The number of hydrogen-bond acceptors (Lipinski definition) is 0. The van der Waals surface area contributed by atoms with E-state index < -0.39 is 0 Å². The van der Waals surface area contributed by atoms with E-state index in [-0.39, 0.29) is 0 Å². The summed E-state index contributed by atoms with van der Waals surface area (Å²) in [7, 11) is 2.26. The van der Waals surface area contributed by atoms with Gasteiger partial charge in [-0.05, 0) is 29.9 Å². The molecule has 1 heterocycles. The van der Waals surface area contributed by atoms with Crippen LogP contribution in [0.3, 0.4) is 0 Å². The number of unbranched alkanes of at least 4 members (excludes halogenated alkanes) is 8. The van der Waals surface area contributed by atoms with E-state index in [2.05, 4.69) is 96.9 Å². The van der Waals surface area contributed by atoms with E-state index in [9.17, 15) is 0 Å². The predicted molar refractivity (Wildman–Crippen MR) is 141 cm³/mol. The summed E-state index contributed by atoms with van der Waals surface area (Å²) in [6.07, 6.45) is 16.9. The normalized spacial score (nSPS) is 12.2. The zero-order chi connectivity index (χ0) is 23.3. The first-order valence-corrected chi connectivity index (χ1v) is 13.3. The van der Waals surface area contributed by atoms with Crippen LogP contribution in [0.2, 0.25) is 0 Å². The van der Waals surface area contributed by atoms with Crippen LogP contribution < -0.4 is 4.57 Å². The average Bonchev–Trinajstić information content (AvgIpc) is 3.13. The fourth-order valence-electron chi connectivity index (χ4n) is 4.89. The summed E-state index contributed by atoms with van der Waals surface area (Å²) in [5.74, 6) is 1.95. The monoisotopic (exact) mass is 445 g/mol. The van der Waals surface area contributed by atoms with Gasteiger partial charge in [0, 0.05) is 6.42 Å². The van der Waals surface area contributed by atoms with Gasteiger partial charge in [0.05, 0.1) is 20.0 Å².